The molecule has 8 heteroatoms. The van der Waals surface area contributed by atoms with Crippen molar-refractivity contribution in [3.05, 3.63) is 60.2 Å². The summed E-state index contributed by atoms with van der Waals surface area (Å²) < 4.78 is 32.4. The summed E-state index contributed by atoms with van der Waals surface area (Å²) in [6.45, 7) is 4.73. The Morgan fingerprint density at radius 3 is 2.28 bits per heavy atom. The molecule has 0 bridgehead atoms. The van der Waals surface area contributed by atoms with Crippen LogP contribution in [0.25, 0.3) is 0 Å². The number of rotatable bonds is 6. The molecule has 2 aliphatic rings. The number of piperazine rings is 1. The molecule has 2 aromatic rings. The highest BCUT2D eigenvalue weighted by Crippen LogP contribution is 2.25. The van der Waals surface area contributed by atoms with Crippen molar-refractivity contribution in [1.82, 2.24) is 14.1 Å². The van der Waals surface area contributed by atoms with E-state index in [1.807, 2.05) is 17.0 Å². The molecule has 0 spiro atoms. The second kappa shape index (κ2) is 10.0. The summed E-state index contributed by atoms with van der Waals surface area (Å²) in [6.07, 6.45) is 1.16. The number of ether oxygens (including phenoxy) is 1. The van der Waals surface area contributed by atoms with E-state index in [4.69, 9.17) is 4.74 Å². The molecule has 32 heavy (non-hydrogen) atoms. The third kappa shape index (κ3) is 5.14. The summed E-state index contributed by atoms with van der Waals surface area (Å²) in [5.74, 6) is 0.932. The quantitative estimate of drug-likeness (QED) is 0.667. The van der Waals surface area contributed by atoms with Crippen molar-refractivity contribution < 1.29 is 17.9 Å². The lowest BCUT2D eigenvalue weighted by molar-refractivity contribution is -0.138. The summed E-state index contributed by atoms with van der Waals surface area (Å²) in [6, 6.07) is 16.6. The molecule has 0 aliphatic carbocycles. The summed E-state index contributed by atoms with van der Waals surface area (Å²) in [4.78, 5) is 17.7. The zero-order chi connectivity index (χ0) is 22.6. The highest BCUT2D eigenvalue weighted by molar-refractivity contribution is 7.89. The summed E-state index contributed by atoms with van der Waals surface area (Å²) in [5, 5.41) is 0. The number of sulfonamides is 1. The largest absolute Gasteiger partial charge is 0.497 e. The third-order valence-corrected chi connectivity index (χ3v) is 8.32. The smallest absolute Gasteiger partial charge is 0.243 e. The Hall–Kier alpha value is -2.42. The highest BCUT2D eigenvalue weighted by Gasteiger charge is 2.34. The molecule has 2 fully saturated rings. The van der Waals surface area contributed by atoms with Gasteiger partial charge < -0.3 is 9.64 Å². The van der Waals surface area contributed by atoms with Gasteiger partial charge >= 0.3 is 0 Å². The zero-order valence-electron chi connectivity index (χ0n) is 18.5. The number of carbonyl (C=O) groups is 1. The van der Waals surface area contributed by atoms with Gasteiger partial charge in [0.15, 0.2) is 0 Å². The van der Waals surface area contributed by atoms with Crippen LogP contribution in [0.1, 0.15) is 18.4 Å². The lowest BCUT2D eigenvalue weighted by Gasteiger charge is -2.38. The van der Waals surface area contributed by atoms with Gasteiger partial charge in [0.1, 0.15) is 5.75 Å². The van der Waals surface area contributed by atoms with Gasteiger partial charge in [-0.15, -0.1) is 0 Å². The fraction of sp³-hybridized carbons (Fsp3) is 0.458. The van der Waals surface area contributed by atoms with Crippen LogP contribution in [0.15, 0.2) is 59.5 Å². The topological polar surface area (TPSA) is 70.2 Å². The Bertz CT molecular complexity index is 1010. The van der Waals surface area contributed by atoms with Gasteiger partial charge in [-0.2, -0.15) is 4.31 Å². The number of carbonyl (C=O) groups excluding carboxylic acids is 1. The van der Waals surface area contributed by atoms with Crippen molar-refractivity contribution in [2.24, 2.45) is 5.92 Å². The number of benzene rings is 2. The van der Waals surface area contributed by atoms with Crippen LogP contribution in [-0.2, 0) is 21.4 Å². The number of nitrogens with zero attached hydrogens (tertiary/aromatic N) is 3. The minimum Gasteiger partial charge on any atom is -0.497 e. The van der Waals surface area contributed by atoms with Crippen molar-refractivity contribution >= 4 is 15.9 Å². The van der Waals surface area contributed by atoms with Gasteiger partial charge in [0, 0.05) is 51.7 Å². The summed E-state index contributed by atoms with van der Waals surface area (Å²) in [5.41, 5.74) is 1.20. The van der Waals surface area contributed by atoms with Gasteiger partial charge in [-0.05, 0) is 42.7 Å². The van der Waals surface area contributed by atoms with Gasteiger partial charge in [-0.1, -0.05) is 30.3 Å². The van der Waals surface area contributed by atoms with Crippen LogP contribution >= 0.6 is 0 Å². The van der Waals surface area contributed by atoms with Gasteiger partial charge in [0.25, 0.3) is 0 Å². The lowest BCUT2D eigenvalue weighted by atomic mass is 9.96. The number of hydrogen-bond acceptors (Lipinski definition) is 5. The molecule has 0 aromatic heterocycles. The van der Waals surface area contributed by atoms with Crippen LogP contribution in [0.3, 0.4) is 0 Å². The van der Waals surface area contributed by atoms with E-state index in [0.717, 1.165) is 25.4 Å². The second-order valence-electron chi connectivity index (χ2n) is 8.44. The van der Waals surface area contributed by atoms with E-state index in [1.54, 1.807) is 37.4 Å². The Morgan fingerprint density at radius 1 is 0.938 bits per heavy atom. The molecule has 2 heterocycles. The molecule has 0 radical (unpaired) electrons. The van der Waals surface area contributed by atoms with E-state index in [9.17, 15) is 13.2 Å². The van der Waals surface area contributed by atoms with Gasteiger partial charge in [0.05, 0.1) is 12.0 Å². The predicted molar refractivity (Wildman–Crippen MR) is 123 cm³/mol. The highest BCUT2D eigenvalue weighted by atomic mass is 32.2. The normalized spacial score (nSPS) is 19.1. The Labute approximate surface area is 190 Å². The van der Waals surface area contributed by atoms with Crippen LogP contribution in [-0.4, -0.2) is 74.8 Å². The maximum atomic E-state index is 13.1. The van der Waals surface area contributed by atoms with Gasteiger partial charge in [0.2, 0.25) is 15.9 Å². The fourth-order valence-electron chi connectivity index (χ4n) is 4.50. The second-order valence-corrected chi connectivity index (χ2v) is 10.4. The maximum Gasteiger partial charge on any atom is 0.243 e. The standard InChI is InChI=1S/C24H31N3O4S/c1-31-22-7-5-6-20(18-22)19-25-14-16-26(17-15-25)24(28)21-10-12-27(13-11-21)32(29,30)23-8-3-2-4-9-23/h2-9,18,21H,10-17,19H2,1H3. The number of methoxy groups -OCH3 is 1. The van der Waals surface area contributed by atoms with Crippen molar-refractivity contribution in [1.29, 1.82) is 0 Å². The molecule has 2 aliphatic heterocycles. The van der Waals surface area contributed by atoms with Gasteiger partial charge in [-0.25, -0.2) is 8.42 Å². The molecule has 0 saturated carbocycles. The molecule has 2 aromatic carbocycles. The van der Waals surface area contributed by atoms with Crippen LogP contribution in [0.2, 0.25) is 0 Å². The first-order valence-electron chi connectivity index (χ1n) is 11.2. The molecule has 7 nitrogen and oxygen atoms in total. The van der Waals surface area contributed by atoms with Crippen molar-refractivity contribution in [2.45, 2.75) is 24.3 Å². The molecule has 1 amide bonds. The molecule has 0 atom stereocenters. The van der Waals surface area contributed by atoms with Crippen molar-refractivity contribution in [2.75, 3.05) is 46.4 Å². The SMILES string of the molecule is COc1cccc(CN2CCN(C(=O)C3CCN(S(=O)(=O)c4ccccc4)CC3)CC2)c1. The summed E-state index contributed by atoms with van der Waals surface area (Å²) >= 11 is 0. The average Bonchev–Trinajstić information content (AvgIpc) is 2.85. The van der Waals surface area contributed by atoms with E-state index >= 15 is 0 Å². The minimum absolute atomic E-state index is 0.0952. The first-order valence-corrected chi connectivity index (χ1v) is 12.6. The molecule has 4 rings (SSSR count). The number of hydrogen-bond donors (Lipinski definition) is 0. The molecule has 0 unspecified atom stereocenters. The van der Waals surface area contributed by atoms with Gasteiger partial charge in [-0.3, -0.25) is 9.69 Å². The average molecular weight is 458 g/mol. The fourth-order valence-corrected chi connectivity index (χ4v) is 5.99. The predicted octanol–water partition coefficient (Wildman–Crippen LogP) is 2.44. The Morgan fingerprint density at radius 2 is 1.62 bits per heavy atom. The van der Waals surface area contributed by atoms with Crippen LogP contribution in [0.5, 0.6) is 5.75 Å². The monoisotopic (exact) mass is 457 g/mol. The van der Waals surface area contributed by atoms with Crippen molar-refractivity contribution in [3.8, 4) is 5.75 Å². The molecular formula is C24H31N3O4S. The summed E-state index contributed by atoms with van der Waals surface area (Å²) in [7, 11) is -1.81. The Kier molecular flexibility index (Phi) is 7.13. The maximum absolute atomic E-state index is 13.1. The molecule has 0 N–H and O–H groups in total. The van der Waals surface area contributed by atoms with E-state index in [2.05, 4.69) is 17.0 Å². The van der Waals surface area contributed by atoms with Crippen LogP contribution in [0, 0.1) is 5.92 Å². The molecule has 172 valence electrons. The van der Waals surface area contributed by atoms with Crippen LogP contribution < -0.4 is 4.74 Å². The first kappa shape index (κ1) is 22.8. The number of amides is 1. The van der Waals surface area contributed by atoms with E-state index in [0.29, 0.717) is 43.9 Å². The number of piperidine rings is 1. The van der Waals surface area contributed by atoms with E-state index in [-0.39, 0.29) is 11.8 Å². The Balaban J connectivity index is 1.26. The lowest BCUT2D eigenvalue weighted by Crippen LogP contribution is -2.51. The van der Waals surface area contributed by atoms with Crippen molar-refractivity contribution in [3.63, 3.8) is 0 Å². The zero-order valence-corrected chi connectivity index (χ0v) is 19.3. The molecule has 2 saturated heterocycles. The van der Waals surface area contributed by atoms with E-state index in [1.165, 1.54) is 9.87 Å². The van der Waals surface area contributed by atoms with Crippen LogP contribution in [0.4, 0.5) is 0 Å². The van der Waals surface area contributed by atoms with E-state index < -0.39 is 10.0 Å². The third-order valence-electron chi connectivity index (χ3n) is 6.41. The minimum atomic E-state index is -3.49. The molecular weight excluding hydrogens is 426 g/mol. The first-order chi connectivity index (χ1) is 15.5.